The number of aryl methyl sites for hydroxylation is 1. The van der Waals surface area contributed by atoms with Crippen LogP contribution in [0.1, 0.15) is 32.7 Å². The Kier molecular flexibility index (Phi) is 8.17. The third kappa shape index (κ3) is 5.66. The summed E-state index contributed by atoms with van der Waals surface area (Å²) in [6.45, 7) is 11.4. The van der Waals surface area contributed by atoms with Crippen molar-refractivity contribution in [2.24, 2.45) is 0 Å². The largest absolute Gasteiger partial charge is 0.496 e. The first-order valence-corrected chi connectivity index (χ1v) is 13.9. The molecule has 1 atom stereocenters. The van der Waals surface area contributed by atoms with Crippen molar-refractivity contribution in [3.63, 3.8) is 0 Å². The van der Waals surface area contributed by atoms with E-state index in [1.54, 1.807) is 35.7 Å². The number of rotatable bonds is 9. The van der Waals surface area contributed by atoms with Crippen molar-refractivity contribution in [3.8, 4) is 5.75 Å². The number of thiophene rings is 1. The van der Waals surface area contributed by atoms with E-state index in [1.165, 1.54) is 34.4 Å². The summed E-state index contributed by atoms with van der Waals surface area (Å²) in [5, 5.41) is 7.03. The number of likely N-dealkylation sites (N-methyl/N-ethyl adjacent to an activating group) is 1. The molecule has 2 aromatic heterocycles. The Labute approximate surface area is 223 Å². The molecule has 1 aromatic carbocycles. The Morgan fingerprint density at radius 3 is 2.89 bits per heavy atom. The van der Waals surface area contributed by atoms with E-state index in [4.69, 9.17) is 4.74 Å². The Morgan fingerprint density at radius 1 is 1.39 bits per heavy atom. The van der Waals surface area contributed by atoms with Gasteiger partial charge in [0.1, 0.15) is 5.75 Å². The predicted molar refractivity (Wildman–Crippen MR) is 148 cm³/mol. The molecule has 1 fully saturated rings. The van der Waals surface area contributed by atoms with Crippen LogP contribution in [0.2, 0.25) is 0 Å². The van der Waals surface area contributed by atoms with E-state index < -0.39 is 0 Å². The van der Waals surface area contributed by atoms with Gasteiger partial charge in [-0.05, 0) is 48.6 Å². The lowest BCUT2D eigenvalue weighted by Crippen LogP contribution is -2.39. The minimum absolute atomic E-state index is 0.0761. The summed E-state index contributed by atoms with van der Waals surface area (Å²) in [5.74, 6) is 0.283. The molecule has 4 rings (SSSR count). The summed E-state index contributed by atoms with van der Waals surface area (Å²) in [4.78, 5) is 35.1. The maximum atomic E-state index is 13.5. The van der Waals surface area contributed by atoms with Gasteiger partial charge in [-0.1, -0.05) is 36.3 Å². The van der Waals surface area contributed by atoms with Crippen molar-refractivity contribution in [2.75, 3.05) is 32.6 Å². The number of thiazole rings is 1. The summed E-state index contributed by atoms with van der Waals surface area (Å²) < 4.78 is 6.48. The molecule has 0 radical (unpaired) electrons. The van der Waals surface area contributed by atoms with Crippen LogP contribution < -0.4 is 10.1 Å². The maximum absolute atomic E-state index is 13.5. The van der Waals surface area contributed by atoms with E-state index >= 15 is 0 Å². The highest BCUT2D eigenvalue weighted by molar-refractivity contribution is 8.01. The van der Waals surface area contributed by atoms with Gasteiger partial charge in [0, 0.05) is 36.1 Å². The lowest BCUT2D eigenvalue weighted by atomic mass is 10.1. The Balaban J connectivity index is 1.50. The predicted octanol–water partition coefficient (Wildman–Crippen LogP) is 5.77. The number of allylic oxidation sites excluding steroid dienone is 1. The minimum Gasteiger partial charge on any atom is -0.496 e. The van der Waals surface area contributed by atoms with Crippen molar-refractivity contribution in [1.29, 1.82) is 0 Å². The summed E-state index contributed by atoms with van der Waals surface area (Å²) >= 11 is 4.38. The molecule has 3 heterocycles. The highest BCUT2D eigenvalue weighted by atomic mass is 32.2. The molecule has 0 aliphatic carbocycles. The normalized spacial score (nSPS) is 15.0. The Bertz CT molecular complexity index is 1290. The van der Waals surface area contributed by atoms with E-state index in [0.717, 1.165) is 39.9 Å². The van der Waals surface area contributed by atoms with Crippen molar-refractivity contribution in [3.05, 3.63) is 76.8 Å². The van der Waals surface area contributed by atoms with Gasteiger partial charge in [-0.25, -0.2) is 4.98 Å². The second-order valence-corrected chi connectivity index (χ2v) is 11.5. The van der Waals surface area contributed by atoms with E-state index in [-0.39, 0.29) is 17.9 Å². The molecule has 0 unspecified atom stereocenters. The van der Waals surface area contributed by atoms with E-state index in [1.807, 2.05) is 31.5 Å². The SMILES string of the molecule is C=CC(=C)N1CC[C@@H](N(C)C(=O)c2cc(Sc3cnc(NC(=O)c4ccsc4)s3)c(C)cc2OC)C1. The lowest BCUT2D eigenvalue weighted by molar-refractivity contribution is 0.0734. The first-order chi connectivity index (χ1) is 17.3. The average molecular weight is 541 g/mol. The molecule has 0 spiro atoms. The molecule has 7 nitrogen and oxygen atoms in total. The number of likely N-dealkylation sites (tertiary alicyclic amines) is 1. The number of nitrogens with zero attached hydrogens (tertiary/aromatic N) is 3. The Hall–Kier alpha value is -3.08. The fraction of sp³-hybridized carbons (Fsp3) is 0.269. The molecular formula is C26H28N4O3S3. The summed E-state index contributed by atoms with van der Waals surface area (Å²) in [5.41, 5.74) is 2.99. The molecule has 188 valence electrons. The van der Waals surface area contributed by atoms with Crippen LogP contribution in [0.25, 0.3) is 0 Å². The zero-order chi connectivity index (χ0) is 25.8. The van der Waals surface area contributed by atoms with Crippen molar-refractivity contribution >= 4 is 51.4 Å². The van der Waals surface area contributed by atoms with Crippen LogP contribution >= 0.6 is 34.4 Å². The van der Waals surface area contributed by atoms with Gasteiger partial charge < -0.3 is 14.5 Å². The average Bonchev–Trinajstić information content (AvgIpc) is 3.66. The molecule has 2 amide bonds. The third-order valence-corrected chi connectivity index (χ3v) is 8.96. The zero-order valence-electron chi connectivity index (χ0n) is 20.4. The van der Waals surface area contributed by atoms with Gasteiger partial charge in [-0.2, -0.15) is 11.3 Å². The first-order valence-electron chi connectivity index (χ1n) is 11.3. The molecule has 0 bridgehead atoms. The second-order valence-electron chi connectivity index (χ2n) is 8.37. The van der Waals surface area contributed by atoms with E-state index in [2.05, 4.69) is 28.4 Å². The number of amides is 2. The lowest BCUT2D eigenvalue weighted by Gasteiger charge is -2.26. The third-order valence-electron chi connectivity index (χ3n) is 6.10. The van der Waals surface area contributed by atoms with Crippen molar-refractivity contribution < 1.29 is 14.3 Å². The number of carbonyl (C=O) groups excluding carboxylic acids is 2. The van der Waals surface area contributed by atoms with Gasteiger partial charge >= 0.3 is 0 Å². The van der Waals surface area contributed by atoms with Crippen LogP contribution in [0, 0.1) is 6.92 Å². The molecule has 1 aliphatic heterocycles. The topological polar surface area (TPSA) is 74.8 Å². The summed E-state index contributed by atoms with van der Waals surface area (Å²) in [6, 6.07) is 5.63. The molecule has 1 saturated heterocycles. The number of aromatic nitrogens is 1. The molecule has 3 aromatic rings. The maximum Gasteiger partial charge on any atom is 0.258 e. The van der Waals surface area contributed by atoms with Crippen LogP contribution in [0.15, 0.2) is 69.2 Å². The molecular weight excluding hydrogens is 513 g/mol. The van der Waals surface area contributed by atoms with Crippen molar-refractivity contribution in [1.82, 2.24) is 14.8 Å². The molecule has 1 aliphatic rings. The minimum atomic E-state index is -0.180. The number of nitrogens with one attached hydrogen (secondary N) is 1. The number of hydrogen-bond acceptors (Lipinski definition) is 8. The number of methoxy groups -OCH3 is 1. The van der Waals surface area contributed by atoms with Crippen LogP contribution in [0.4, 0.5) is 5.13 Å². The second kappa shape index (κ2) is 11.3. The van der Waals surface area contributed by atoms with E-state index in [9.17, 15) is 9.59 Å². The molecule has 36 heavy (non-hydrogen) atoms. The fourth-order valence-electron chi connectivity index (χ4n) is 3.95. The molecule has 1 N–H and O–H groups in total. The number of anilines is 1. The van der Waals surface area contributed by atoms with Crippen LogP contribution in [-0.4, -0.2) is 59.9 Å². The monoisotopic (exact) mass is 540 g/mol. The van der Waals surface area contributed by atoms with E-state index in [0.29, 0.717) is 22.0 Å². The highest BCUT2D eigenvalue weighted by Gasteiger charge is 2.30. The molecule has 0 saturated carbocycles. The number of carbonyl (C=O) groups is 2. The summed E-state index contributed by atoms with van der Waals surface area (Å²) in [7, 11) is 3.42. The quantitative estimate of drug-likeness (QED) is 0.347. The van der Waals surface area contributed by atoms with Crippen LogP contribution in [0.5, 0.6) is 5.75 Å². The number of ether oxygens (including phenoxy) is 1. The molecule has 10 heteroatoms. The first kappa shape index (κ1) is 26.0. The van der Waals surface area contributed by atoms with Gasteiger partial charge in [-0.3, -0.25) is 14.9 Å². The number of hydrogen-bond donors (Lipinski definition) is 1. The smallest absolute Gasteiger partial charge is 0.258 e. The number of benzene rings is 1. The van der Waals surface area contributed by atoms with Gasteiger partial charge in [0.2, 0.25) is 0 Å². The summed E-state index contributed by atoms with van der Waals surface area (Å²) in [6.07, 6.45) is 4.34. The highest BCUT2D eigenvalue weighted by Crippen LogP contribution is 2.38. The van der Waals surface area contributed by atoms with Crippen LogP contribution in [-0.2, 0) is 0 Å². The van der Waals surface area contributed by atoms with Gasteiger partial charge in [0.15, 0.2) is 5.13 Å². The van der Waals surface area contributed by atoms with Gasteiger partial charge in [0.05, 0.1) is 34.7 Å². The van der Waals surface area contributed by atoms with Crippen molar-refractivity contribution in [2.45, 2.75) is 28.5 Å². The van der Waals surface area contributed by atoms with Gasteiger partial charge in [-0.15, -0.1) is 0 Å². The zero-order valence-corrected chi connectivity index (χ0v) is 22.9. The van der Waals surface area contributed by atoms with Crippen LogP contribution in [0.3, 0.4) is 0 Å². The Morgan fingerprint density at radius 2 is 2.19 bits per heavy atom. The fourth-order valence-corrected chi connectivity index (χ4v) is 6.52. The van der Waals surface area contributed by atoms with Gasteiger partial charge in [0.25, 0.3) is 11.8 Å². The standard InChI is InChI=1S/C26H28N4O3S3/c1-6-17(3)30-9-7-19(14-30)29(4)25(32)20-12-22(16(2)11-21(20)33-5)35-23-13-27-26(36-23)28-24(31)18-8-10-34-15-18/h6,8,10-13,15,19H,1,3,7,9,14H2,2,4-5H3,(H,27,28,31)/t19-/m1/s1.